The molecule has 9 heteroatoms. The van der Waals surface area contributed by atoms with E-state index in [1.54, 1.807) is 57.4 Å². The Labute approximate surface area is 186 Å². The molecule has 0 spiro atoms. The molecule has 32 heavy (non-hydrogen) atoms. The number of fused-ring (bicyclic) bond motifs is 1. The number of anilines is 2. The number of aryl methyl sites for hydroxylation is 4. The third-order valence-corrected chi connectivity index (χ3v) is 6.82. The summed E-state index contributed by atoms with van der Waals surface area (Å²) in [5.74, 6) is 0.0646. The van der Waals surface area contributed by atoms with Crippen LogP contribution in [-0.4, -0.2) is 28.9 Å². The summed E-state index contributed by atoms with van der Waals surface area (Å²) in [6, 6.07) is 11.9. The van der Waals surface area contributed by atoms with Gasteiger partial charge in [0.1, 0.15) is 5.82 Å². The van der Waals surface area contributed by atoms with Crippen LogP contribution in [0.3, 0.4) is 0 Å². The summed E-state index contributed by atoms with van der Waals surface area (Å²) in [7, 11) is -3.84. The predicted octanol–water partition coefficient (Wildman–Crippen LogP) is 4.02. The van der Waals surface area contributed by atoms with Crippen LogP contribution >= 0.6 is 0 Å². The summed E-state index contributed by atoms with van der Waals surface area (Å²) in [5.41, 5.74) is 4.29. The number of nitrogens with zero attached hydrogens (tertiary/aromatic N) is 3. The molecule has 0 aliphatic rings. The predicted molar refractivity (Wildman–Crippen MR) is 124 cm³/mol. The topological polar surface area (TPSA) is 105 Å². The van der Waals surface area contributed by atoms with Gasteiger partial charge in [0, 0.05) is 17.8 Å². The van der Waals surface area contributed by atoms with E-state index in [9.17, 15) is 13.2 Å². The van der Waals surface area contributed by atoms with Crippen LogP contribution in [0.15, 0.2) is 59.8 Å². The van der Waals surface area contributed by atoms with Gasteiger partial charge in [0.25, 0.3) is 15.9 Å². The van der Waals surface area contributed by atoms with Gasteiger partial charge < -0.3 is 5.32 Å². The Morgan fingerprint density at radius 2 is 1.62 bits per heavy atom. The molecule has 0 unspecified atom stereocenters. The molecule has 0 bridgehead atoms. The zero-order valence-electron chi connectivity index (χ0n) is 18.2. The van der Waals surface area contributed by atoms with Gasteiger partial charge in [-0.05, 0) is 62.6 Å². The first kappa shape index (κ1) is 21.5. The van der Waals surface area contributed by atoms with Crippen LogP contribution in [0.4, 0.5) is 11.5 Å². The number of nitrogens with one attached hydrogen (secondary N) is 2. The van der Waals surface area contributed by atoms with E-state index >= 15 is 0 Å². The second kappa shape index (κ2) is 8.08. The Kier molecular flexibility index (Phi) is 5.43. The molecule has 0 aliphatic heterocycles. The number of benzene rings is 2. The van der Waals surface area contributed by atoms with Gasteiger partial charge in [-0.3, -0.25) is 9.52 Å². The summed E-state index contributed by atoms with van der Waals surface area (Å²) < 4.78 is 30.5. The molecule has 4 aromatic rings. The summed E-state index contributed by atoms with van der Waals surface area (Å²) in [4.78, 5) is 17.3. The van der Waals surface area contributed by atoms with Crippen molar-refractivity contribution in [1.29, 1.82) is 0 Å². The summed E-state index contributed by atoms with van der Waals surface area (Å²) in [6.07, 6.45) is 3.17. The lowest BCUT2D eigenvalue weighted by atomic mass is 10.1. The molecule has 1 amide bonds. The van der Waals surface area contributed by atoms with Gasteiger partial charge in [0.15, 0.2) is 5.65 Å². The number of carbonyl (C=O) groups excluding carboxylic acids is 1. The van der Waals surface area contributed by atoms with Crippen LogP contribution in [0, 0.1) is 27.7 Å². The number of hydrogen-bond donors (Lipinski definition) is 2. The molecule has 0 fully saturated rings. The van der Waals surface area contributed by atoms with E-state index in [1.165, 1.54) is 10.6 Å². The van der Waals surface area contributed by atoms with Crippen LogP contribution in [0.25, 0.3) is 5.65 Å². The van der Waals surface area contributed by atoms with Gasteiger partial charge in [-0.25, -0.2) is 13.4 Å². The van der Waals surface area contributed by atoms with Gasteiger partial charge in [-0.15, -0.1) is 0 Å². The molecule has 0 saturated heterocycles. The summed E-state index contributed by atoms with van der Waals surface area (Å²) in [5, 5.41) is 6.95. The monoisotopic (exact) mass is 449 g/mol. The van der Waals surface area contributed by atoms with Crippen molar-refractivity contribution in [2.24, 2.45) is 0 Å². The third-order valence-electron chi connectivity index (χ3n) is 5.15. The zero-order chi connectivity index (χ0) is 23.0. The van der Waals surface area contributed by atoms with Gasteiger partial charge >= 0.3 is 0 Å². The molecule has 2 aromatic heterocycles. The minimum atomic E-state index is -3.84. The van der Waals surface area contributed by atoms with E-state index in [0.29, 0.717) is 39.4 Å². The van der Waals surface area contributed by atoms with Crippen molar-refractivity contribution in [1.82, 2.24) is 14.6 Å². The molecule has 0 radical (unpaired) electrons. The molecule has 0 saturated carbocycles. The molecule has 2 aromatic carbocycles. The van der Waals surface area contributed by atoms with Crippen LogP contribution in [-0.2, 0) is 10.0 Å². The highest BCUT2D eigenvalue weighted by Crippen LogP contribution is 2.26. The molecule has 164 valence electrons. The zero-order valence-corrected chi connectivity index (χ0v) is 19.0. The Morgan fingerprint density at radius 3 is 2.34 bits per heavy atom. The second-order valence-electron chi connectivity index (χ2n) is 7.75. The van der Waals surface area contributed by atoms with Crippen molar-refractivity contribution in [3.05, 3.63) is 82.7 Å². The lowest BCUT2D eigenvalue weighted by Crippen LogP contribution is -2.18. The van der Waals surface area contributed by atoms with Gasteiger partial charge in [0.05, 0.1) is 16.8 Å². The fraction of sp³-hybridized carbons (Fsp3) is 0.174. The van der Waals surface area contributed by atoms with Gasteiger partial charge in [0.2, 0.25) is 0 Å². The first-order valence-corrected chi connectivity index (χ1v) is 11.5. The smallest absolute Gasteiger partial charge is 0.262 e. The number of amides is 1. The minimum absolute atomic E-state index is 0.246. The molecule has 0 aliphatic carbocycles. The molecule has 2 heterocycles. The first-order chi connectivity index (χ1) is 15.2. The number of carbonyl (C=O) groups is 1. The highest BCUT2D eigenvalue weighted by atomic mass is 32.2. The standard InChI is InChI=1S/C23H23N5O3S/c1-14-11-16(3)22(17(4)12-14)32(30,31)27-19-13-18(6-5-15(19)2)23(29)26-21-7-9-24-20-8-10-25-28(20)21/h5-13,27H,1-4H3,(H,26,29). The molecule has 4 rings (SSSR count). The van der Waals surface area contributed by atoms with E-state index in [2.05, 4.69) is 20.1 Å². The van der Waals surface area contributed by atoms with Crippen LogP contribution < -0.4 is 10.0 Å². The van der Waals surface area contributed by atoms with Crippen molar-refractivity contribution in [3.8, 4) is 0 Å². The van der Waals surface area contributed by atoms with Crippen molar-refractivity contribution < 1.29 is 13.2 Å². The molecular formula is C23H23N5O3S. The van der Waals surface area contributed by atoms with E-state index in [-0.39, 0.29) is 4.90 Å². The first-order valence-electron chi connectivity index (χ1n) is 9.97. The number of aromatic nitrogens is 3. The van der Waals surface area contributed by atoms with E-state index in [0.717, 1.165) is 5.56 Å². The number of rotatable bonds is 5. The number of hydrogen-bond acceptors (Lipinski definition) is 5. The van der Waals surface area contributed by atoms with E-state index in [1.807, 2.05) is 19.1 Å². The lowest BCUT2D eigenvalue weighted by molar-refractivity contribution is 0.102. The van der Waals surface area contributed by atoms with E-state index in [4.69, 9.17) is 0 Å². The SMILES string of the molecule is Cc1cc(C)c(S(=O)(=O)Nc2cc(C(=O)Nc3ccnc4ccnn34)ccc2C)c(C)c1. The Balaban J connectivity index is 1.64. The Hall–Kier alpha value is -3.72. The average Bonchev–Trinajstić information content (AvgIpc) is 3.18. The molecule has 0 atom stereocenters. The fourth-order valence-electron chi connectivity index (χ4n) is 3.78. The highest BCUT2D eigenvalue weighted by Gasteiger charge is 2.21. The average molecular weight is 450 g/mol. The highest BCUT2D eigenvalue weighted by molar-refractivity contribution is 7.92. The van der Waals surface area contributed by atoms with Crippen molar-refractivity contribution >= 4 is 33.1 Å². The van der Waals surface area contributed by atoms with Gasteiger partial charge in [-0.1, -0.05) is 23.8 Å². The largest absolute Gasteiger partial charge is 0.306 e. The quantitative estimate of drug-likeness (QED) is 0.479. The van der Waals surface area contributed by atoms with Crippen molar-refractivity contribution in [2.45, 2.75) is 32.6 Å². The molecule has 8 nitrogen and oxygen atoms in total. The maximum atomic E-state index is 13.2. The van der Waals surface area contributed by atoms with Crippen molar-refractivity contribution in [3.63, 3.8) is 0 Å². The van der Waals surface area contributed by atoms with Gasteiger partial charge in [-0.2, -0.15) is 9.61 Å². The van der Waals surface area contributed by atoms with E-state index < -0.39 is 15.9 Å². The normalized spacial score (nSPS) is 11.5. The molecule has 2 N–H and O–H groups in total. The number of sulfonamides is 1. The lowest BCUT2D eigenvalue weighted by Gasteiger charge is -2.16. The maximum absolute atomic E-state index is 13.2. The fourth-order valence-corrected chi connectivity index (χ4v) is 5.35. The maximum Gasteiger partial charge on any atom is 0.262 e. The van der Waals surface area contributed by atoms with Crippen LogP contribution in [0.1, 0.15) is 32.6 Å². The third kappa shape index (κ3) is 4.06. The Morgan fingerprint density at radius 1 is 0.906 bits per heavy atom. The Bertz CT molecular complexity index is 1430. The van der Waals surface area contributed by atoms with Crippen LogP contribution in [0.2, 0.25) is 0 Å². The minimum Gasteiger partial charge on any atom is -0.306 e. The summed E-state index contributed by atoms with van der Waals surface area (Å²) in [6.45, 7) is 7.26. The summed E-state index contributed by atoms with van der Waals surface area (Å²) >= 11 is 0. The molecular weight excluding hydrogens is 426 g/mol. The van der Waals surface area contributed by atoms with Crippen molar-refractivity contribution in [2.75, 3.05) is 10.0 Å². The second-order valence-corrected chi connectivity index (χ2v) is 9.37. The van der Waals surface area contributed by atoms with Crippen LogP contribution in [0.5, 0.6) is 0 Å².